The van der Waals surface area contributed by atoms with Gasteiger partial charge in [0.05, 0.1) is 18.2 Å². The van der Waals surface area contributed by atoms with Gasteiger partial charge in [-0.25, -0.2) is 0 Å². The molecule has 0 saturated carbocycles. The number of nitrogens with zero attached hydrogens (tertiary/aromatic N) is 8. The fraction of sp³-hybridized carbons (Fsp3) is 0.794. The Labute approximate surface area is 520 Å². The maximum atomic E-state index is 15.2. The summed E-state index contributed by atoms with van der Waals surface area (Å²) < 4.78 is 0. The van der Waals surface area contributed by atoms with Crippen molar-refractivity contribution in [2.24, 2.45) is 35.5 Å². The lowest BCUT2D eigenvalue weighted by molar-refractivity contribution is -0.160. The van der Waals surface area contributed by atoms with Gasteiger partial charge < -0.3 is 65.4 Å². The molecule has 0 unspecified atom stereocenters. The Bertz CT molecular complexity index is 2410. The molecule has 12 atom stereocenters. The molecule has 0 spiro atoms. The van der Waals surface area contributed by atoms with Crippen LogP contribution in [0.25, 0.3) is 0 Å². The molecule has 5 N–H and O–H groups in total. The monoisotopic (exact) mass is 1230 g/mol. The van der Waals surface area contributed by atoms with Gasteiger partial charge in [-0.1, -0.05) is 95.2 Å². The van der Waals surface area contributed by atoms with Gasteiger partial charge in [0.25, 0.3) is 0 Å². The van der Waals surface area contributed by atoms with Crippen LogP contribution in [-0.4, -0.2) is 249 Å². The largest absolute Gasteiger partial charge is 0.390 e. The SMILES string of the molecule is C/C=C/C[C@@H](C)[C@@H](O)[C@H]1C(=O)N(C)[C@@H](CC)C(=O)N(C)CC(=O)N(C)[C@@H](CC(C)(C)O)C(=O)N[C@@H](C(C)C)C(=O)N(C)[C@@H](CC(C)C)C(=O)N[C@@H](C)C(=O)N[C@H](C)C(=O)N(C)[C@@H](CC(C)C)C(=O)N(C)[C@@H](CC(C)C)C(=O)N(C)[C@@H](C(C)C)C(=O)N1C. The van der Waals surface area contributed by atoms with Crippen LogP contribution >= 0.6 is 0 Å². The maximum absolute atomic E-state index is 15.2. The molecule has 0 aliphatic carbocycles. The van der Waals surface area contributed by atoms with Crippen LogP contribution in [0.5, 0.6) is 0 Å². The van der Waals surface area contributed by atoms with Gasteiger partial charge in [-0.05, 0) is 102 Å². The second kappa shape index (κ2) is 34.5. The minimum absolute atomic E-state index is 0.0108. The normalized spacial score (nSPS) is 26.8. The quantitative estimate of drug-likeness (QED) is 0.148. The lowest BCUT2D eigenvalue weighted by atomic mass is 9.91. The fourth-order valence-corrected chi connectivity index (χ4v) is 11.0. The van der Waals surface area contributed by atoms with E-state index in [9.17, 15) is 48.6 Å². The molecule has 1 aliphatic heterocycles. The Hall–Kier alpha value is -6.17. The van der Waals surface area contributed by atoms with Crippen molar-refractivity contribution < 1.29 is 63.0 Å². The Morgan fingerprint density at radius 2 is 0.908 bits per heavy atom. The van der Waals surface area contributed by atoms with E-state index in [0.717, 1.165) is 19.6 Å². The standard InChI is InChI=1S/C63H113N11O13/c1-26-28-29-40(13)52(76)51-62(86)69(20)43(27-2)57(81)67(18)34-48(75)68(19)47(33-63(16,17)87)55(79)66-49(38(9)10)60(84)70(21)44(30-35(3)4)54(78)64-41(14)53(77)65-42(15)56(80)71(22)45(31-36(5)6)58(82)72(23)46(32-37(7)8)59(83)73(24)50(39(11)12)61(85)74(51)25/h26,28,35-47,49-52,76,87H,27,29-34H2,1-25H3,(H,64,78)(H,65,77)(H,66,79)/b28-26+/t40-,41+,42-,43+,44+,45+,46+,47+,49+,50+,51+,52-/m1/s1. The zero-order chi connectivity index (χ0) is 67.8. The average molecular weight is 1230 g/mol. The molecule has 87 heavy (non-hydrogen) atoms. The molecular formula is C63H113N11O13. The van der Waals surface area contributed by atoms with E-state index in [1.54, 1.807) is 60.6 Å². The van der Waals surface area contributed by atoms with Gasteiger partial charge in [0.15, 0.2) is 0 Å². The van der Waals surface area contributed by atoms with Crippen LogP contribution < -0.4 is 16.0 Å². The number of aliphatic hydroxyl groups is 2. The lowest BCUT2D eigenvalue weighted by Gasteiger charge is -2.42. The zero-order valence-electron chi connectivity index (χ0n) is 57.4. The molecule has 1 fully saturated rings. The Morgan fingerprint density at radius 3 is 1.36 bits per heavy atom. The predicted octanol–water partition coefficient (Wildman–Crippen LogP) is 2.73. The number of carbonyl (C=O) groups is 11. The summed E-state index contributed by atoms with van der Waals surface area (Å²) in [6, 6.07) is -12.8. The van der Waals surface area contributed by atoms with E-state index in [-0.39, 0.29) is 49.9 Å². The summed E-state index contributed by atoms with van der Waals surface area (Å²) in [5.74, 6) is -10.1. The number of aliphatic hydroxyl groups excluding tert-OH is 1. The lowest BCUT2D eigenvalue weighted by Crippen LogP contribution is -2.63. The number of carbonyl (C=O) groups excluding carboxylic acids is 11. The Balaban J connectivity index is 4.41. The minimum Gasteiger partial charge on any atom is -0.390 e. The van der Waals surface area contributed by atoms with Crippen LogP contribution in [0.3, 0.4) is 0 Å². The molecule has 1 saturated heterocycles. The number of rotatable bonds is 15. The van der Waals surface area contributed by atoms with Crippen molar-refractivity contribution in [2.45, 2.75) is 228 Å². The van der Waals surface area contributed by atoms with Crippen molar-refractivity contribution in [2.75, 3.05) is 62.9 Å². The van der Waals surface area contributed by atoms with E-state index in [0.29, 0.717) is 6.42 Å². The first kappa shape index (κ1) is 78.8. The van der Waals surface area contributed by atoms with E-state index in [2.05, 4.69) is 16.0 Å². The number of hydrogen-bond acceptors (Lipinski definition) is 13. The summed E-state index contributed by atoms with van der Waals surface area (Å²) in [5, 5.41) is 31.5. The summed E-state index contributed by atoms with van der Waals surface area (Å²) in [6.07, 6.45) is 2.46. The Kier molecular flexibility index (Phi) is 31.3. The first-order valence-corrected chi connectivity index (χ1v) is 31.0. The first-order valence-electron chi connectivity index (χ1n) is 31.0. The fourth-order valence-electron chi connectivity index (χ4n) is 11.0. The molecule has 0 radical (unpaired) electrons. The second-order valence-electron chi connectivity index (χ2n) is 26.9. The van der Waals surface area contributed by atoms with Gasteiger partial charge in [-0.3, -0.25) is 52.7 Å². The van der Waals surface area contributed by atoms with Crippen LogP contribution in [0.2, 0.25) is 0 Å². The highest BCUT2D eigenvalue weighted by molar-refractivity contribution is 5.99. The summed E-state index contributed by atoms with van der Waals surface area (Å²) in [7, 11) is 11.1. The van der Waals surface area contributed by atoms with Crippen molar-refractivity contribution in [3.05, 3.63) is 12.2 Å². The molecule has 1 rings (SSSR count). The van der Waals surface area contributed by atoms with Crippen LogP contribution in [-0.2, 0) is 52.7 Å². The third-order valence-corrected chi connectivity index (χ3v) is 16.5. The van der Waals surface area contributed by atoms with Gasteiger partial charge in [-0.2, -0.15) is 0 Å². The number of allylic oxidation sites excluding steroid dienone is 2. The first-order chi connectivity index (χ1) is 39.9. The molecule has 11 amide bonds. The molecule has 24 heteroatoms. The van der Waals surface area contributed by atoms with Crippen molar-refractivity contribution >= 4 is 65.0 Å². The van der Waals surface area contributed by atoms with E-state index in [1.165, 1.54) is 104 Å². The molecule has 1 aliphatic rings. The highest BCUT2D eigenvalue weighted by Gasteiger charge is 2.47. The van der Waals surface area contributed by atoms with Gasteiger partial charge in [0.2, 0.25) is 65.0 Å². The van der Waals surface area contributed by atoms with Crippen LogP contribution in [0, 0.1) is 35.5 Å². The smallest absolute Gasteiger partial charge is 0.248 e. The summed E-state index contributed by atoms with van der Waals surface area (Å²) in [4.78, 5) is 171. The van der Waals surface area contributed by atoms with Crippen molar-refractivity contribution in [3.8, 4) is 0 Å². The van der Waals surface area contributed by atoms with Gasteiger partial charge in [0, 0.05) is 62.8 Å². The number of nitrogens with one attached hydrogen (secondary N) is 3. The highest BCUT2D eigenvalue weighted by atomic mass is 16.3. The number of amides is 11. The van der Waals surface area contributed by atoms with E-state index >= 15 is 14.4 Å². The van der Waals surface area contributed by atoms with Crippen molar-refractivity contribution in [3.63, 3.8) is 0 Å². The zero-order valence-corrected chi connectivity index (χ0v) is 57.4. The second-order valence-corrected chi connectivity index (χ2v) is 26.9. The van der Waals surface area contributed by atoms with Crippen molar-refractivity contribution in [1.82, 2.24) is 55.1 Å². The third-order valence-electron chi connectivity index (χ3n) is 16.5. The van der Waals surface area contributed by atoms with E-state index in [4.69, 9.17) is 0 Å². The number of hydrogen-bond donors (Lipinski definition) is 5. The maximum Gasteiger partial charge on any atom is 0.248 e. The predicted molar refractivity (Wildman–Crippen MR) is 335 cm³/mol. The summed E-state index contributed by atoms with van der Waals surface area (Å²) in [6.45, 7) is 28.2. The molecule has 0 bridgehead atoms. The summed E-state index contributed by atoms with van der Waals surface area (Å²) >= 11 is 0. The van der Waals surface area contributed by atoms with Crippen LogP contribution in [0.15, 0.2) is 12.2 Å². The highest BCUT2D eigenvalue weighted by Crippen LogP contribution is 2.27. The van der Waals surface area contributed by atoms with Crippen LogP contribution in [0.4, 0.5) is 0 Å². The van der Waals surface area contributed by atoms with Gasteiger partial charge in [-0.15, -0.1) is 0 Å². The molecule has 0 aromatic carbocycles. The van der Waals surface area contributed by atoms with Gasteiger partial charge >= 0.3 is 0 Å². The topological polar surface area (TPSA) is 290 Å². The van der Waals surface area contributed by atoms with Gasteiger partial charge in [0.1, 0.15) is 60.4 Å². The molecule has 24 nitrogen and oxygen atoms in total. The third kappa shape index (κ3) is 21.8. The molecule has 1 heterocycles. The van der Waals surface area contributed by atoms with Crippen LogP contribution in [0.1, 0.15) is 156 Å². The molecule has 0 aromatic rings. The minimum atomic E-state index is -1.62. The number of likely N-dealkylation sites (N-methyl/N-ethyl adjacent to an activating group) is 8. The molecular weight excluding hydrogens is 1120 g/mol. The van der Waals surface area contributed by atoms with E-state index < -0.39 is 161 Å². The molecule has 0 aromatic heterocycles. The summed E-state index contributed by atoms with van der Waals surface area (Å²) in [5.41, 5.74) is -1.55. The van der Waals surface area contributed by atoms with E-state index in [1.807, 2.05) is 41.5 Å². The van der Waals surface area contributed by atoms with Crippen molar-refractivity contribution in [1.29, 1.82) is 0 Å². The Morgan fingerprint density at radius 1 is 0.494 bits per heavy atom. The molecule has 498 valence electrons. The average Bonchev–Trinajstić information content (AvgIpc) is 2.40.